The molecule has 1 aromatic heterocycles. The predicted octanol–water partition coefficient (Wildman–Crippen LogP) is 0.933. The van der Waals surface area contributed by atoms with Gasteiger partial charge in [0, 0.05) is 19.3 Å². The van der Waals surface area contributed by atoms with Gasteiger partial charge in [0.1, 0.15) is 5.56 Å². The third kappa shape index (κ3) is 2.46. The van der Waals surface area contributed by atoms with E-state index in [1.807, 2.05) is 6.92 Å². The van der Waals surface area contributed by atoms with E-state index >= 15 is 0 Å². The quantitative estimate of drug-likeness (QED) is 0.848. The summed E-state index contributed by atoms with van der Waals surface area (Å²) in [6.07, 6.45) is 1.95. The van der Waals surface area contributed by atoms with Crippen molar-refractivity contribution in [3.63, 3.8) is 0 Å². The highest BCUT2D eigenvalue weighted by Crippen LogP contribution is 2.21. The number of aliphatic hydroxyl groups excluding tert-OH is 1. The van der Waals surface area contributed by atoms with Crippen molar-refractivity contribution in [1.29, 1.82) is 0 Å². The molecule has 2 unspecified atom stereocenters. The number of β-amino-alcohol motifs (C(OH)–C–C–N with tert-alkyl or cyclic N) is 1. The number of carbonyl (C=O) groups excluding carboxylic acids is 1. The maximum absolute atomic E-state index is 12.3. The lowest BCUT2D eigenvalue weighted by Gasteiger charge is -2.34. The predicted molar refractivity (Wildman–Crippen MR) is 66.5 cm³/mol. The Balaban J connectivity index is 2.16. The van der Waals surface area contributed by atoms with E-state index in [2.05, 4.69) is 4.98 Å². The van der Waals surface area contributed by atoms with Crippen molar-refractivity contribution in [1.82, 2.24) is 9.88 Å². The Bertz CT molecular complexity index is 436. The summed E-state index contributed by atoms with van der Waals surface area (Å²) in [5.41, 5.74) is 0.446. The number of aliphatic hydroxyl groups is 1. The standard InChI is InChI=1S/C13H18N2O3/c1-9-5-7-15(8-11(9)16)13(17)10-4-3-6-14-12(10)18-2/h3-4,6,9,11,16H,5,7-8H2,1-2H3. The molecule has 0 aromatic carbocycles. The second kappa shape index (κ2) is 5.35. The molecule has 2 heterocycles. The highest BCUT2D eigenvalue weighted by atomic mass is 16.5. The molecule has 0 bridgehead atoms. The number of hydrogen-bond donors (Lipinski definition) is 1. The number of carbonyl (C=O) groups is 1. The highest BCUT2D eigenvalue weighted by Gasteiger charge is 2.29. The van der Waals surface area contributed by atoms with Crippen LogP contribution >= 0.6 is 0 Å². The summed E-state index contributed by atoms with van der Waals surface area (Å²) in [7, 11) is 1.49. The fraction of sp³-hybridized carbons (Fsp3) is 0.538. The summed E-state index contributed by atoms with van der Waals surface area (Å²) < 4.78 is 5.08. The molecule has 18 heavy (non-hydrogen) atoms. The molecule has 0 saturated carbocycles. The molecule has 1 aliphatic rings. The molecule has 1 saturated heterocycles. The van der Waals surface area contributed by atoms with E-state index in [1.165, 1.54) is 7.11 Å². The molecular formula is C13H18N2O3. The van der Waals surface area contributed by atoms with Gasteiger partial charge in [-0.1, -0.05) is 6.92 Å². The van der Waals surface area contributed by atoms with Crippen LogP contribution in [-0.2, 0) is 0 Å². The summed E-state index contributed by atoms with van der Waals surface area (Å²) in [4.78, 5) is 18.0. The average Bonchev–Trinajstić information content (AvgIpc) is 2.41. The van der Waals surface area contributed by atoms with Gasteiger partial charge in [0.15, 0.2) is 0 Å². The number of nitrogens with zero attached hydrogens (tertiary/aromatic N) is 2. The summed E-state index contributed by atoms with van der Waals surface area (Å²) in [5.74, 6) is 0.436. The van der Waals surface area contributed by atoms with E-state index in [9.17, 15) is 9.90 Å². The van der Waals surface area contributed by atoms with Gasteiger partial charge in [0.2, 0.25) is 5.88 Å². The Morgan fingerprint density at radius 2 is 2.39 bits per heavy atom. The van der Waals surface area contributed by atoms with Gasteiger partial charge in [-0.2, -0.15) is 0 Å². The number of ether oxygens (including phenoxy) is 1. The van der Waals surface area contributed by atoms with Crippen molar-refractivity contribution in [2.24, 2.45) is 5.92 Å². The third-order valence-electron chi connectivity index (χ3n) is 3.40. The Morgan fingerprint density at radius 3 is 3.06 bits per heavy atom. The van der Waals surface area contributed by atoms with Gasteiger partial charge >= 0.3 is 0 Å². The summed E-state index contributed by atoms with van der Waals surface area (Å²) in [6.45, 7) is 3.03. The first-order chi connectivity index (χ1) is 8.63. The molecule has 1 aliphatic heterocycles. The zero-order valence-corrected chi connectivity index (χ0v) is 10.7. The largest absolute Gasteiger partial charge is 0.480 e. The van der Waals surface area contributed by atoms with Crippen LogP contribution in [0.25, 0.3) is 0 Å². The van der Waals surface area contributed by atoms with Crippen molar-refractivity contribution in [2.75, 3.05) is 20.2 Å². The Morgan fingerprint density at radius 1 is 1.61 bits per heavy atom. The number of aromatic nitrogens is 1. The van der Waals surface area contributed by atoms with Crippen molar-refractivity contribution in [2.45, 2.75) is 19.4 Å². The van der Waals surface area contributed by atoms with E-state index in [-0.39, 0.29) is 11.8 Å². The highest BCUT2D eigenvalue weighted by molar-refractivity contribution is 5.96. The SMILES string of the molecule is COc1ncccc1C(=O)N1CCC(C)C(O)C1. The van der Waals surface area contributed by atoms with Crippen LogP contribution < -0.4 is 4.74 Å². The van der Waals surface area contributed by atoms with Crippen molar-refractivity contribution in [3.8, 4) is 5.88 Å². The number of pyridine rings is 1. The fourth-order valence-electron chi connectivity index (χ4n) is 2.12. The topological polar surface area (TPSA) is 62.7 Å². The molecule has 2 atom stereocenters. The number of methoxy groups -OCH3 is 1. The zero-order valence-electron chi connectivity index (χ0n) is 10.7. The van der Waals surface area contributed by atoms with Crippen molar-refractivity contribution < 1.29 is 14.6 Å². The van der Waals surface area contributed by atoms with Gasteiger partial charge in [-0.3, -0.25) is 4.79 Å². The van der Waals surface area contributed by atoms with Crippen LogP contribution in [-0.4, -0.2) is 47.2 Å². The van der Waals surface area contributed by atoms with Crippen LogP contribution in [0.2, 0.25) is 0 Å². The summed E-state index contributed by atoms with van der Waals surface area (Å²) in [6, 6.07) is 3.40. The molecule has 2 rings (SSSR count). The van der Waals surface area contributed by atoms with E-state index in [4.69, 9.17) is 4.74 Å². The van der Waals surface area contributed by atoms with Crippen molar-refractivity contribution in [3.05, 3.63) is 23.9 Å². The van der Waals surface area contributed by atoms with Gasteiger partial charge in [-0.25, -0.2) is 4.98 Å². The molecule has 0 radical (unpaired) electrons. The van der Waals surface area contributed by atoms with Crippen LogP contribution in [0.1, 0.15) is 23.7 Å². The molecule has 5 heteroatoms. The van der Waals surface area contributed by atoms with E-state index in [1.54, 1.807) is 23.2 Å². The maximum Gasteiger partial charge on any atom is 0.259 e. The van der Waals surface area contributed by atoms with Gasteiger partial charge < -0.3 is 14.7 Å². The van der Waals surface area contributed by atoms with Gasteiger partial charge in [0.05, 0.1) is 13.2 Å². The first kappa shape index (κ1) is 12.8. The van der Waals surface area contributed by atoms with Crippen LogP contribution in [0.5, 0.6) is 5.88 Å². The lowest BCUT2D eigenvalue weighted by molar-refractivity contribution is 0.0246. The Labute approximate surface area is 106 Å². The average molecular weight is 250 g/mol. The van der Waals surface area contributed by atoms with Crippen LogP contribution in [0.15, 0.2) is 18.3 Å². The monoisotopic (exact) mass is 250 g/mol. The Kier molecular flexibility index (Phi) is 3.81. The summed E-state index contributed by atoms with van der Waals surface area (Å²) in [5, 5.41) is 9.83. The zero-order chi connectivity index (χ0) is 13.1. The number of piperidine rings is 1. The minimum atomic E-state index is -0.453. The molecule has 1 aromatic rings. The normalized spacial score (nSPS) is 23.8. The first-order valence-corrected chi connectivity index (χ1v) is 6.10. The second-order valence-electron chi connectivity index (χ2n) is 4.64. The summed E-state index contributed by atoms with van der Waals surface area (Å²) >= 11 is 0. The number of rotatable bonds is 2. The van der Waals surface area contributed by atoms with Crippen LogP contribution in [0.4, 0.5) is 0 Å². The minimum absolute atomic E-state index is 0.133. The van der Waals surface area contributed by atoms with E-state index in [0.717, 1.165) is 6.42 Å². The molecule has 0 aliphatic carbocycles. The van der Waals surface area contributed by atoms with Crippen molar-refractivity contribution >= 4 is 5.91 Å². The van der Waals surface area contributed by atoms with Gasteiger partial charge in [-0.05, 0) is 24.5 Å². The maximum atomic E-state index is 12.3. The first-order valence-electron chi connectivity index (χ1n) is 6.10. The lowest BCUT2D eigenvalue weighted by Crippen LogP contribution is -2.45. The van der Waals surface area contributed by atoms with E-state index in [0.29, 0.717) is 24.5 Å². The third-order valence-corrected chi connectivity index (χ3v) is 3.40. The van der Waals surface area contributed by atoms with Crippen LogP contribution in [0, 0.1) is 5.92 Å². The second-order valence-corrected chi connectivity index (χ2v) is 4.64. The molecule has 0 spiro atoms. The number of likely N-dealkylation sites (tertiary alicyclic amines) is 1. The molecule has 1 fully saturated rings. The smallest absolute Gasteiger partial charge is 0.259 e. The molecule has 1 amide bonds. The van der Waals surface area contributed by atoms with E-state index < -0.39 is 6.10 Å². The molecule has 98 valence electrons. The number of amides is 1. The lowest BCUT2D eigenvalue weighted by atomic mass is 9.95. The number of hydrogen-bond acceptors (Lipinski definition) is 4. The fourth-order valence-corrected chi connectivity index (χ4v) is 2.12. The molecule has 5 nitrogen and oxygen atoms in total. The van der Waals surface area contributed by atoms with Crippen LogP contribution in [0.3, 0.4) is 0 Å². The van der Waals surface area contributed by atoms with Gasteiger partial charge in [0.25, 0.3) is 5.91 Å². The Hall–Kier alpha value is -1.62. The van der Waals surface area contributed by atoms with Gasteiger partial charge in [-0.15, -0.1) is 0 Å². The minimum Gasteiger partial charge on any atom is -0.480 e. The molecule has 1 N–H and O–H groups in total. The molecular weight excluding hydrogens is 232 g/mol.